The molecule has 0 aliphatic heterocycles. The van der Waals surface area contributed by atoms with Crippen molar-refractivity contribution >= 4 is 5.97 Å². The molecule has 96 valence electrons. The van der Waals surface area contributed by atoms with Crippen LogP contribution in [-0.4, -0.2) is 12.6 Å². The van der Waals surface area contributed by atoms with Crippen molar-refractivity contribution in [1.82, 2.24) is 0 Å². The van der Waals surface area contributed by atoms with Gasteiger partial charge in [0, 0.05) is 6.42 Å². The maximum Gasteiger partial charge on any atom is 0.305 e. The third kappa shape index (κ3) is 11.5. The smallest absolute Gasteiger partial charge is 0.305 e. The van der Waals surface area contributed by atoms with Gasteiger partial charge in [-0.05, 0) is 18.8 Å². The minimum Gasteiger partial charge on any atom is -0.466 e. The van der Waals surface area contributed by atoms with Gasteiger partial charge in [-0.2, -0.15) is 0 Å². The molecule has 0 aliphatic carbocycles. The van der Waals surface area contributed by atoms with E-state index in [2.05, 4.69) is 20.8 Å². The number of esters is 1. The molecular weight excluding hydrogens is 200 g/mol. The summed E-state index contributed by atoms with van der Waals surface area (Å²) in [4.78, 5) is 11.2. The fourth-order valence-corrected chi connectivity index (χ4v) is 1.59. The zero-order valence-corrected chi connectivity index (χ0v) is 11.3. The summed E-state index contributed by atoms with van der Waals surface area (Å²) in [6.07, 6.45) is 8.70. The first-order valence-electron chi connectivity index (χ1n) is 6.82. The second-order valence-corrected chi connectivity index (χ2v) is 4.92. The van der Waals surface area contributed by atoms with E-state index >= 15 is 0 Å². The summed E-state index contributed by atoms with van der Waals surface area (Å²) < 4.78 is 5.13. The summed E-state index contributed by atoms with van der Waals surface area (Å²) in [5.41, 5.74) is 0. The molecule has 0 amide bonds. The van der Waals surface area contributed by atoms with Gasteiger partial charge in [-0.25, -0.2) is 0 Å². The largest absolute Gasteiger partial charge is 0.466 e. The number of carbonyl (C=O) groups is 1. The topological polar surface area (TPSA) is 26.3 Å². The van der Waals surface area contributed by atoms with E-state index in [1.54, 1.807) is 0 Å². The van der Waals surface area contributed by atoms with Crippen LogP contribution in [0.5, 0.6) is 0 Å². The molecule has 2 nitrogen and oxygen atoms in total. The molecule has 0 saturated carbocycles. The van der Waals surface area contributed by atoms with Crippen LogP contribution in [0, 0.1) is 5.92 Å². The summed E-state index contributed by atoms with van der Waals surface area (Å²) in [5, 5.41) is 0. The number of hydrogen-bond donors (Lipinski definition) is 0. The number of hydrogen-bond acceptors (Lipinski definition) is 2. The molecule has 0 N–H and O–H groups in total. The van der Waals surface area contributed by atoms with Crippen molar-refractivity contribution in [1.29, 1.82) is 0 Å². The standard InChI is InChI=1S/C14H28O2/c1-4-5-11-14(15)16-12-9-7-6-8-10-13(2)3/h13H,4-12H2,1-3H3. The van der Waals surface area contributed by atoms with E-state index in [4.69, 9.17) is 4.74 Å². The minimum absolute atomic E-state index is 0.0240. The molecule has 0 saturated heterocycles. The van der Waals surface area contributed by atoms with Gasteiger partial charge in [-0.15, -0.1) is 0 Å². The Morgan fingerprint density at radius 2 is 1.75 bits per heavy atom. The zero-order valence-electron chi connectivity index (χ0n) is 11.3. The van der Waals surface area contributed by atoms with E-state index < -0.39 is 0 Å². The molecule has 0 radical (unpaired) electrons. The Kier molecular flexibility index (Phi) is 10.6. The SMILES string of the molecule is CCCCC(=O)OCCCCCCC(C)C. The highest BCUT2D eigenvalue weighted by molar-refractivity contribution is 5.69. The normalized spacial score (nSPS) is 10.8. The lowest BCUT2D eigenvalue weighted by atomic mass is 10.0. The van der Waals surface area contributed by atoms with Gasteiger partial charge in [0.1, 0.15) is 0 Å². The highest BCUT2D eigenvalue weighted by atomic mass is 16.5. The van der Waals surface area contributed by atoms with Crippen molar-refractivity contribution in [2.75, 3.05) is 6.61 Å². The zero-order chi connectivity index (χ0) is 12.2. The summed E-state index contributed by atoms with van der Waals surface area (Å²) in [7, 11) is 0. The predicted octanol–water partition coefficient (Wildman–Crippen LogP) is 4.33. The Morgan fingerprint density at radius 1 is 1.06 bits per heavy atom. The molecule has 0 aromatic heterocycles. The Balaban J connectivity index is 3.11. The van der Waals surface area contributed by atoms with Crippen LogP contribution in [0.15, 0.2) is 0 Å². The quantitative estimate of drug-likeness (QED) is 0.411. The van der Waals surface area contributed by atoms with E-state index in [-0.39, 0.29) is 5.97 Å². The first kappa shape index (κ1) is 15.5. The van der Waals surface area contributed by atoms with Crippen molar-refractivity contribution in [2.24, 2.45) is 5.92 Å². The molecule has 0 rings (SSSR count). The number of carbonyl (C=O) groups excluding carboxylic acids is 1. The van der Waals surface area contributed by atoms with Crippen LogP contribution in [0.3, 0.4) is 0 Å². The van der Waals surface area contributed by atoms with E-state index in [1.807, 2.05) is 0 Å². The lowest BCUT2D eigenvalue weighted by molar-refractivity contribution is -0.143. The number of unbranched alkanes of at least 4 members (excludes halogenated alkanes) is 4. The average molecular weight is 228 g/mol. The average Bonchev–Trinajstić information content (AvgIpc) is 2.24. The summed E-state index contributed by atoms with van der Waals surface area (Å²) in [5.74, 6) is 0.788. The second-order valence-electron chi connectivity index (χ2n) is 4.92. The lowest BCUT2D eigenvalue weighted by Gasteiger charge is -2.05. The maximum absolute atomic E-state index is 11.2. The Hall–Kier alpha value is -0.530. The van der Waals surface area contributed by atoms with Crippen LogP contribution in [0.4, 0.5) is 0 Å². The van der Waals surface area contributed by atoms with Crippen molar-refractivity contribution in [2.45, 2.75) is 72.1 Å². The van der Waals surface area contributed by atoms with Crippen LogP contribution in [0.25, 0.3) is 0 Å². The molecule has 0 aromatic carbocycles. The van der Waals surface area contributed by atoms with Gasteiger partial charge < -0.3 is 4.74 Å². The molecule has 2 heteroatoms. The van der Waals surface area contributed by atoms with Gasteiger partial charge in [-0.3, -0.25) is 4.79 Å². The third-order valence-electron chi connectivity index (χ3n) is 2.67. The predicted molar refractivity (Wildman–Crippen MR) is 68.4 cm³/mol. The van der Waals surface area contributed by atoms with Crippen molar-refractivity contribution < 1.29 is 9.53 Å². The number of rotatable bonds is 10. The lowest BCUT2D eigenvalue weighted by Crippen LogP contribution is -2.05. The molecular formula is C14H28O2. The first-order valence-corrected chi connectivity index (χ1v) is 6.82. The second kappa shape index (κ2) is 11.0. The van der Waals surface area contributed by atoms with Gasteiger partial charge >= 0.3 is 5.97 Å². The number of ether oxygens (including phenoxy) is 1. The maximum atomic E-state index is 11.2. The molecule has 0 unspecified atom stereocenters. The third-order valence-corrected chi connectivity index (χ3v) is 2.67. The van der Waals surface area contributed by atoms with Crippen LogP contribution < -0.4 is 0 Å². The van der Waals surface area contributed by atoms with E-state index in [1.165, 1.54) is 25.7 Å². The fourth-order valence-electron chi connectivity index (χ4n) is 1.59. The molecule has 0 atom stereocenters. The summed E-state index contributed by atoms with van der Waals surface area (Å²) in [6, 6.07) is 0. The van der Waals surface area contributed by atoms with Gasteiger partial charge in [0.25, 0.3) is 0 Å². The minimum atomic E-state index is -0.0240. The van der Waals surface area contributed by atoms with Crippen molar-refractivity contribution in [3.63, 3.8) is 0 Å². The molecule has 0 heterocycles. The monoisotopic (exact) mass is 228 g/mol. The fraction of sp³-hybridized carbons (Fsp3) is 0.929. The van der Waals surface area contributed by atoms with E-state index in [0.29, 0.717) is 13.0 Å². The Bertz CT molecular complexity index is 164. The van der Waals surface area contributed by atoms with Crippen molar-refractivity contribution in [3.05, 3.63) is 0 Å². The van der Waals surface area contributed by atoms with Gasteiger partial charge in [-0.1, -0.05) is 52.9 Å². The van der Waals surface area contributed by atoms with E-state index in [0.717, 1.165) is 25.2 Å². The van der Waals surface area contributed by atoms with Crippen LogP contribution >= 0.6 is 0 Å². The van der Waals surface area contributed by atoms with Crippen LogP contribution in [0.2, 0.25) is 0 Å². The molecule has 0 fully saturated rings. The highest BCUT2D eigenvalue weighted by Crippen LogP contribution is 2.09. The van der Waals surface area contributed by atoms with Crippen molar-refractivity contribution in [3.8, 4) is 0 Å². The van der Waals surface area contributed by atoms with Gasteiger partial charge in [0.2, 0.25) is 0 Å². The highest BCUT2D eigenvalue weighted by Gasteiger charge is 2.01. The molecule has 0 spiro atoms. The molecule has 16 heavy (non-hydrogen) atoms. The molecule has 0 bridgehead atoms. The van der Waals surface area contributed by atoms with Crippen LogP contribution in [0.1, 0.15) is 72.1 Å². The van der Waals surface area contributed by atoms with E-state index in [9.17, 15) is 4.79 Å². The molecule has 0 aromatic rings. The first-order chi connectivity index (χ1) is 7.66. The molecule has 0 aliphatic rings. The van der Waals surface area contributed by atoms with Crippen LogP contribution in [-0.2, 0) is 9.53 Å². The summed E-state index contributed by atoms with van der Waals surface area (Å²) in [6.45, 7) is 7.22. The van der Waals surface area contributed by atoms with Gasteiger partial charge in [0.05, 0.1) is 6.61 Å². The Labute approximate surface area is 101 Å². The van der Waals surface area contributed by atoms with Gasteiger partial charge in [0.15, 0.2) is 0 Å². The summed E-state index contributed by atoms with van der Waals surface area (Å²) >= 11 is 0. The Morgan fingerprint density at radius 3 is 2.38 bits per heavy atom.